The monoisotopic (exact) mass is 320 g/mol. The van der Waals surface area contributed by atoms with Gasteiger partial charge in [-0.3, -0.25) is 0 Å². The first-order chi connectivity index (χ1) is 1.41. The molecule has 0 aliphatic rings. The van der Waals surface area contributed by atoms with E-state index in [9.17, 15) is 0 Å². The third-order valence-corrected chi connectivity index (χ3v) is 0. The molecule has 0 rings (SSSR count). The van der Waals surface area contributed by atoms with E-state index in [-0.39, 0.29) is 49.8 Å². The summed E-state index contributed by atoms with van der Waals surface area (Å²) in [5.41, 5.74) is 0. The number of rotatable bonds is 0. The molecule has 0 aliphatic carbocycles. The Balaban J connectivity index is -0.0000000200. The topological polar surface area (TPSA) is 34.1 Å². The van der Waals surface area contributed by atoms with Crippen LogP contribution in [0, 0.1) is 0 Å². The van der Waals surface area contributed by atoms with Gasteiger partial charge in [-0.1, -0.05) is 0 Å². The molecule has 0 heterocycles. The number of hydrogen-bond donors (Lipinski definition) is 0. The Bertz CT molecular complexity index is 30.6. The maximum absolute atomic E-state index is 8.50. The summed E-state index contributed by atoms with van der Waals surface area (Å²) in [5.74, 6) is 0. The van der Waals surface area contributed by atoms with Gasteiger partial charge in [0.2, 0.25) is 0 Å². The third kappa shape index (κ3) is 24.1. The van der Waals surface area contributed by atoms with Crippen LogP contribution >= 0.6 is 0 Å². The Kier molecular flexibility index (Phi) is 52.6. The fourth-order valence-corrected chi connectivity index (χ4v) is 0. The van der Waals surface area contributed by atoms with Crippen molar-refractivity contribution in [3.05, 3.63) is 0 Å². The Labute approximate surface area is 74.4 Å². The van der Waals surface area contributed by atoms with E-state index in [2.05, 4.69) is 0 Å². The van der Waals surface area contributed by atoms with Crippen molar-refractivity contribution in [3.63, 3.8) is 0 Å². The molecule has 0 N–H and O–H groups in total. The average molecular weight is 318 g/mol. The van der Waals surface area contributed by atoms with Gasteiger partial charge in [0.1, 0.15) is 0 Å². The van der Waals surface area contributed by atoms with Crippen molar-refractivity contribution < 1.29 is 25.7 Å². The molecule has 0 bridgehead atoms. The van der Waals surface area contributed by atoms with Gasteiger partial charge < -0.3 is 0 Å². The van der Waals surface area contributed by atoms with Gasteiger partial charge in [-0.2, -0.15) is 0 Å². The summed E-state index contributed by atoms with van der Waals surface area (Å²) >= 11 is -2.00. The van der Waals surface area contributed by atoms with Crippen LogP contribution in [0.1, 0.15) is 0 Å². The van der Waals surface area contributed by atoms with Gasteiger partial charge in [0.25, 0.3) is 0 Å². The van der Waals surface area contributed by atoms with Crippen molar-refractivity contribution in [1.82, 2.24) is 0 Å². The fourth-order valence-electron chi connectivity index (χ4n) is 0. The third-order valence-electron chi connectivity index (χ3n) is 0. The first-order valence-corrected chi connectivity index (χ1v) is 1.68. The number of hydrogen-bond acceptors (Lipinski definition) is 2. The predicted octanol–water partition coefficient (Wildman–Crippen LogP) is -2.34. The van der Waals surface area contributed by atoms with Gasteiger partial charge in [-0.15, -0.1) is 0 Å². The maximum atomic E-state index is 8.50. The molecule has 0 atom stereocenters. The molecular formula is H5InO2SnTi. The first kappa shape index (κ1) is 15.8. The normalized spacial score (nSPS) is 1.60. The van der Waals surface area contributed by atoms with Crippen LogP contribution in [0.3, 0.4) is 0 Å². The summed E-state index contributed by atoms with van der Waals surface area (Å²) < 4.78 is 17.0. The standard InChI is InChI=1S/In.2O.Sn.Ti.5H. The second kappa shape index (κ2) is 16.7. The Hall–Kier alpha value is 1.98. The molecular weight excluding hydrogens is 313 g/mol. The summed E-state index contributed by atoms with van der Waals surface area (Å²) in [6, 6.07) is 0. The molecule has 0 aromatic carbocycles. The van der Waals surface area contributed by atoms with Crippen molar-refractivity contribution in [2.75, 3.05) is 0 Å². The molecule has 5 heteroatoms. The van der Waals surface area contributed by atoms with E-state index >= 15 is 0 Å². The molecule has 0 amide bonds. The average Bonchev–Trinajstić information content (AvgIpc) is 0.918. The van der Waals surface area contributed by atoms with Crippen LogP contribution in [0.25, 0.3) is 0 Å². The van der Waals surface area contributed by atoms with Gasteiger partial charge in [0.05, 0.1) is 0 Å². The van der Waals surface area contributed by atoms with E-state index in [4.69, 9.17) is 6.65 Å². The molecule has 0 fully saturated rings. The first-order valence-electron chi connectivity index (χ1n) is 0.408. The van der Waals surface area contributed by atoms with Gasteiger partial charge in [-0.25, -0.2) is 0 Å². The zero-order valence-corrected chi connectivity index (χ0v) is 7.62. The van der Waals surface area contributed by atoms with E-state index in [1.54, 1.807) is 0 Å². The Morgan fingerprint density at radius 1 is 1.20 bits per heavy atom. The zero-order valence-electron chi connectivity index (χ0n) is 2.02. The molecule has 28 valence electrons. The van der Waals surface area contributed by atoms with Crippen molar-refractivity contribution in [1.29, 1.82) is 0 Å². The van der Waals surface area contributed by atoms with E-state index in [0.717, 1.165) is 0 Å². The van der Waals surface area contributed by atoms with Crippen molar-refractivity contribution in [2.45, 2.75) is 0 Å². The van der Waals surface area contributed by atoms with Crippen LogP contribution in [0.4, 0.5) is 0 Å². The van der Waals surface area contributed by atoms with Gasteiger partial charge in [-0.05, 0) is 0 Å². The van der Waals surface area contributed by atoms with Gasteiger partial charge in [0.15, 0.2) is 0 Å². The summed E-state index contributed by atoms with van der Waals surface area (Å²) in [6.07, 6.45) is 0. The van der Waals surface area contributed by atoms with Crippen molar-refractivity contribution >= 4 is 49.8 Å². The van der Waals surface area contributed by atoms with E-state index in [1.807, 2.05) is 0 Å². The summed E-state index contributed by atoms with van der Waals surface area (Å²) in [4.78, 5) is 0. The molecule has 0 unspecified atom stereocenters. The zero-order chi connectivity index (χ0) is 2.71. The van der Waals surface area contributed by atoms with Crippen LogP contribution in [-0.4, -0.2) is 49.8 Å². The summed E-state index contributed by atoms with van der Waals surface area (Å²) in [6.45, 7) is 0. The van der Waals surface area contributed by atoms with Crippen LogP contribution < -0.4 is 0 Å². The predicted molar refractivity (Wildman–Crippen MR) is 19.9 cm³/mol. The van der Waals surface area contributed by atoms with E-state index < -0.39 is 19.1 Å². The SMILES string of the molecule is [InH3].[O]=[Ti]=[O].[SnH2]. The Morgan fingerprint density at radius 2 is 1.20 bits per heavy atom. The quantitative estimate of drug-likeness (QED) is 0.469. The summed E-state index contributed by atoms with van der Waals surface area (Å²) in [5, 5.41) is 0. The molecule has 0 saturated heterocycles. The summed E-state index contributed by atoms with van der Waals surface area (Å²) in [7, 11) is 0. The van der Waals surface area contributed by atoms with E-state index in [1.165, 1.54) is 0 Å². The van der Waals surface area contributed by atoms with Crippen LogP contribution in [-0.2, 0) is 25.7 Å². The minimum absolute atomic E-state index is 0. The van der Waals surface area contributed by atoms with Gasteiger partial charge >= 0.3 is 75.5 Å². The molecule has 0 saturated carbocycles. The molecule has 0 spiro atoms. The van der Waals surface area contributed by atoms with Crippen LogP contribution in [0.5, 0.6) is 0 Å². The molecule has 2 radical (unpaired) electrons. The van der Waals surface area contributed by atoms with Crippen LogP contribution in [0.15, 0.2) is 0 Å². The fraction of sp³-hybridized carbons (Fsp3) is 0. The second-order valence-electron chi connectivity index (χ2n) is 0.0833. The molecule has 0 aromatic rings. The van der Waals surface area contributed by atoms with Crippen LogP contribution in [0.2, 0.25) is 0 Å². The van der Waals surface area contributed by atoms with Gasteiger partial charge in [0, 0.05) is 0 Å². The van der Waals surface area contributed by atoms with Crippen molar-refractivity contribution in [3.8, 4) is 0 Å². The second-order valence-corrected chi connectivity index (χ2v) is 0.344. The molecule has 0 aromatic heterocycles. The minimum atomic E-state index is -2.00. The Morgan fingerprint density at radius 3 is 1.20 bits per heavy atom. The molecule has 2 nitrogen and oxygen atoms in total. The van der Waals surface area contributed by atoms with E-state index in [0.29, 0.717) is 0 Å². The molecule has 5 heavy (non-hydrogen) atoms. The molecule has 0 aliphatic heterocycles. The van der Waals surface area contributed by atoms with Crippen molar-refractivity contribution in [2.24, 2.45) is 0 Å².